The van der Waals surface area contributed by atoms with Crippen LogP contribution in [0.5, 0.6) is 0 Å². The summed E-state index contributed by atoms with van der Waals surface area (Å²) in [5.41, 5.74) is 9.41. The third-order valence-electron chi connectivity index (χ3n) is 13.2. The fraction of sp³-hybridized carbons (Fsp3) is 0.583. The number of benzene rings is 1. The van der Waals surface area contributed by atoms with Crippen molar-refractivity contribution in [3.05, 3.63) is 58.2 Å². The minimum Gasteiger partial charge on any atom is -0.464 e. The molecule has 69 heavy (non-hydrogen) atoms. The van der Waals surface area contributed by atoms with Crippen LogP contribution in [0.4, 0.5) is 4.79 Å². The van der Waals surface area contributed by atoms with E-state index >= 15 is 0 Å². The van der Waals surface area contributed by atoms with Gasteiger partial charge in [-0.05, 0) is 95.3 Å². The van der Waals surface area contributed by atoms with Crippen LogP contribution in [0.25, 0.3) is 33.4 Å². The lowest BCUT2D eigenvalue weighted by Gasteiger charge is -2.40. The molecule has 2 N–H and O–H groups in total. The number of aromatic nitrogens is 3. The highest BCUT2D eigenvalue weighted by atomic mass is 32.1. The Morgan fingerprint density at radius 2 is 1.75 bits per heavy atom. The number of fused-ring (bicyclic) bond motifs is 6. The number of rotatable bonds is 9. The zero-order valence-corrected chi connectivity index (χ0v) is 47.6. The summed E-state index contributed by atoms with van der Waals surface area (Å²) in [4.78, 5) is 72.3. The lowest BCUT2D eigenvalue weighted by Crippen LogP contribution is -2.62. The zero-order valence-electron chi connectivity index (χ0n) is 41.8. The standard InChI is InChI=1S/C48H67N9O6S.5H2S/c1-11-56-39-19-18-31-23-34(39)35(43(56)33-16-12-20-49-41(33)30(4)62-10)25-48(5,6)28-63-46(60)36-17-14-22-57(52-36)45(59)37(24-40-50-38(31)27-64-40)51-44(58)42(29(2)3)55(9)47(61)54(8)32-15-13-21-53(7)26-32;;;;;/h12,16,18-20,23,27,29-30,32,36-37,42,52H,11,13-15,17,21-22,24-26,28H2,1-10H3,(H,51,58);5*1H2/t30-,32-,36-,37-,42-;;;;;/m0...../s1. The quantitative estimate of drug-likeness (QED) is 0.170. The van der Waals surface area contributed by atoms with E-state index in [2.05, 4.69) is 72.3 Å². The van der Waals surface area contributed by atoms with Crippen molar-refractivity contribution in [1.82, 2.24) is 45.0 Å². The van der Waals surface area contributed by atoms with E-state index in [1.165, 1.54) is 21.2 Å². The molecule has 21 heteroatoms. The Morgan fingerprint density at radius 3 is 2.42 bits per heavy atom. The average Bonchev–Trinajstić information content (AvgIpc) is 3.88. The van der Waals surface area contributed by atoms with Gasteiger partial charge in [-0.15, -0.1) is 11.3 Å². The predicted octanol–water partition coefficient (Wildman–Crippen LogP) is 6.87. The van der Waals surface area contributed by atoms with Crippen molar-refractivity contribution in [1.29, 1.82) is 0 Å². The van der Waals surface area contributed by atoms with Gasteiger partial charge in [-0.2, -0.15) is 67.5 Å². The number of methoxy groups -OCH3 is 1. The smallest absolute Gasteiger partial charge is 0.324 e. The fourth-order valence-electron chi connectivity index (χ4n) is 9.73. The summed E-state index contributed by atoms with van der Waals surface area (Å²) in [7, 11) is 7.21. The Labute approximate surface area is 447 Å². The van der Waals surface area contributed by atoms with Gasteiger partial charge in [0.25, 0.3) is 5.91 Å². The van der Waals surface area contributed by atoms with Crippen LogP contribution >= 0.6 is 78.8 Å². The second-order valence-electron chi connectivity index (χ2n) is 19.0. The number of esters is 1. The molecule has 6 bridgehead atoms. The van der Waals surface area contributed by atoms with E-state index in [1.807, 2.05) is 32.2 Å². The zero-order chi connectivity index (χ0) is 46.0. The van der Waals surface area contributed by atoms with Crippen molar-refractivity contribution in [3.63, 3.8) is 0 Å². The third kappa shape index (κ3) is 13.7. The van der Waals surface area contributed by atoms with Crippen molar-refractivity contribution >= 4 is 114 Å². The Hall–Kier alpha value is -3.15. The molecule has 15 nitrogen and oxygen atoms in total. The molecule has 4 amide bonds. The largest absolute Gasteiger partial charge is 0.464 e. The van der Waals surface area contributed by atoms with Gasteiger partial charge in [0.05, 0.1) is 34.8 Å². The second-order valence-corrected chi connectivity index (χ2v) is 20.0. The van der Waals surface area contributed by atoms with E-state index < -0.39 is 35.4 Å². The molecule has 0 saturated carbocycles. The number of hydrazine groups is 1. The molecule has 6 heterocycles. The van der Waals surface area contributed by atoms with Gasteiger partial charge in [0.1, 0.15) is 18.1 Å². The van der Waals surface area contributed by atoms with Crippen molar-refractivity contribution < 1.29 is 28.7 Å². The number of thiazole rings is 1. The minimum atomic E-state index is -1.04. The van der Waals surface area contributed by atoms with Crippen LogP contribution in [0.3, 0.4) is 0 Å². The number of carbonyl (C=O) groups excluding carboxylic acids is 4. The van der Waals surface area contributed by atoms with Crippen molar-refractivity contribution in [2.24, 2.45) is 11.3 Å². The molecular formula is C48H77N9O6S6. The first-order valence-corrected chi connectivity index (χ1v) is 23.7. The SMILES string of the molecule is CCn1c(-c2cccnc2[C@H](C)OC)c2c3cc(ccc31)-c1csc(n1)C[C@H](NC(=O)[C@H](C(C)C)N(C)C(=O)N(C)[C@H]1CCCN(C)C1)C(=O)N1CCC[C@H](N1)C(=O)OCC(C)(C)C2.S.S.S.S.S. The molecule has 1 aromatic carbocycles. The molecule has 2 fully saturated rings. The summed E-state index contributed by atoms with van der Waals surface area (Å²) in [5.74, 6) is -1.52. The molecule has 3 aliphatic heterocycles. The number of likely N-dealkylation sites (N-methyl/N-ethyl adjacent to an activating group) is 3. The van der Waals surface area contributed by atoms with E-state index in [4.69, 9.17) is 19.4 Å². The molecule has 386 valence electrons. The number of aryl methyl sites for hydroxylation is 1. The Balaban J connectivity index is 0.00000327. The Morgan fingerprint density at radius 1 is 1.04 bits per heavy atom. The number of likely N-dealkylation sites (tertiary alicyclic amines) is 1. The van der Waals surface area contributed by atoms with Crippen molar-refractivity contribution in [2.45, 2.75) is 117 Å². The van der Waals surface area contributed by atoms with Gasteiger partial charge < -0.3 is 34.1 Å². The monoisotopic (exact) mass is 1070 g/mol. The Bertz CT molecular complexity index is 2360. The van der Waals surface area contributed by atoms with E-state index in [0.29, 0.717) is 37.4 Å². The molecule has 5 atom stereocenters. The van der Waals surface area contributed by atoms with Crippen molar-refractivity contribution in [2.75, 3.05) is 54.5 Å². The van der Waals surface area contributed by atoms with E-state index in [1.54, 1.807) is 32.3 Å². The second kappa shape index (κ2) is 26.5. The highest BCUT2D eigenvalue weighted by molar-refractivity contribution is 7.60. The van der Waals surface area contributed by atoms with Crippen molar-refractivity contribution in [3.8, 4) is 22.5 Å². The maximum atomic E-state index is 14.6. The number of nitrogens with zero attached hydrogens (tertiary/aromatic N) is 7. The van der Waals surface area contributed by atoms with Crippen LogP contribution in [0, 0.1) is 11.3 Å². The molecular weight excluding hydrogens is 991 g/mol. The molecule has 0 spiro atoms. The van der Waals surface area contributed by atoms with Crippen LogP contribution in [-0.2, 0) is 43.2 Å². The van der Waals surface area contributed by atoms with Gasteiger partial charge in [-0.1, -0.05) is 33.8 Å². The first-order chi connectivity index (χ1) is 30.5. The molecule has 2 saturated heterocycles. The highest BCUT2D eigenvalue weighted by Crippen LogP contribution is 2.42. The number of hydrogen-bond acceptors (Lipinski definition) is 11. The first-order valence-electron chi connectivity index (χ1n) is 22.8. The number of cyclic esters (lactones) is 1. The van der Waals surface area contributed by atoms with Crippen LogP contribution in [-0.4, -0.2) is 137 Å². The van der Waals surface area contributed by atoms with Gasteiger partial charge in [0.15, 0.2) is 0 Å². The summed E-state index contributed by atoms with van der Waals surface area (Å²) in [6.07, 6.45) is 5.18. The predicted molar refractivity (Wildman–Crippen MR) is 301 cm³/mol. The highest BCUT2D eigenvalue weighted by Gasteiger charge is 2.39. The summed E-state index contributed by atoms with van der Waals surface area (Å²) < 4.78 is 14.3. The third-order valence-corrected chi connectivity index (χ3v) is 14.1. The number of amides is 4. The fourth-order valence-corrected chi connectivity index (χ4v) is 10.6. The maximum Gasteiger partial charge on any atom is 0.324 e. The lowest BCUT2D eigenvalue weighted by molar-refractivity contribution is -0.155. The molecule has 4 aromatic rings. The number of urea groups is 1. The number of hydrogen-bond donors (Lipinski definition) is 2. The van der Waals surface area contributed by atoms with Gasteiger partial charge >= 0.3 is 12.0 Å². The molecule has 0 unspecified atom stereocenters. The Kier molecular flexibility index (Phi) is 23.8. The number of ether oxygens (including phenoxy) is 2. The first kappa shape index (κ1) is 62.0. The normalized spacial score (nSPS) is 20.3. The van der Waals surface area contributed by atoms with Crippen LogP contribution in [0.15, 0.2) is 41.9 Å². The number of carbonyl (C=O) groups is 4. The van der Waals surface area contributed by atoms with Crippen LogP contribution < -0.4 is 10.7 Å². The number of pyridine rings is 1. The number of nitrogens with one attached hydrogen (secondary N) is 2. The summed E-state index contributed by atoms with van der Waals surface area (Å²) in [6, 6.07) is 7.60. The van der Waals surface area contributed by atoms with E-state index in [-0.39, 0.29) is 111 Å². The van der Waals surface area contributed by atoms with E-state index in [9.17, 15) is 19.2 Å². The molecule has 3 aromatic heterocycles. The molecule has 0 aliphatic carbocycles. The van der Waals surface area contributed by atoms with Gasteiger partial charge in [-0.3, -0.25) is 24.4 Å². The summed E-state index contributed by atoms with van der Waals surface area (Å²) in [5, 5.41) is 8.24. The van der Waals surface area contributed by atoms with Gasteiger partial charge in [0, 0.05) is 92.3 Å². The van der Waals surface area contributed by atoms with Gasteiger partial charge in [0.2, 0.25) is 5.91 Å². The van der Waals surface area contributed by atoms with E-state index in [0.717, 1.165) is 70.6 Å². The molecule has 0 radical (unpaired) electrons. The number of piperidine rings is 1. The van der Waals surface area contributed by atoms with Gasteiger partial charge in [-0.25, -0.2) is 15.2 Å². The minimum absolute atomic E-state index is 0. The summed E-state index contributed by atoms with van der Waals surface area (Å²) >= 11 is 1.43. The average molecular weight is 1070 g/mol. The molecule has 7 rings (SSSR count). The van der Waals surface area contributed by atoms with Crippen LogP contribution in [0.2, 0.25) is 0 Å². The topological polar surface area (TPSA) is 154 Å². The molecule has 3 aliphatic rings. The maximum absolute atomic E-state index is 14.6. The lowest BCUT2D eigenvalue weighted by atomic mass is 9.84. The van der Waals surface area contributed by atoms with Crippen LogP contribution in [0.1, 0.15) is 89.6 Å². The summed E-state index contributed by atoms with van der Waals surface area (Å²) in [6.45, 7) is 15.1.